The molecule has 13 heavy (non-hydrogen) atoms. The van der Waals surface area contributed by atoms with Gasteiger partial charge >= 0.3 is 0 Å². The summed E-state index contributed by atoms with van der Waals surface area (Å²) in [5.41, 5.74) is 2.90. The number of rotatable bonds is 3. The van der Waals surface area contributed by atoms with Gasteiger partial charge in [-0.15, -0.1) is 11.3 Å². The maximum absolute atomic E-state index is 5.55. The number of nitrogens with one attached hydrogen (secondary N) is 1. The van der Waals surface area contributed by atoms with E-state index in [-0.39, 0.29) is 0 Å². The maximum Gasteiger partial charge on any atom is 0.0897 e. The summed E-state index contributed by atoms with van der Waals surface area (Å²) in [7, 11) is 0. The van der Waals surface area contributed by atoms with Crippen molar-refractivity contribution in [2.75, 3.05) is 0 Å². The molecule has 0 aliphatic heterocycles. The van der Waals surface area contributed by atoms with Gasteiger partial charge in [0.2, 0.25) is 0 Å². The molecule has 0 spiro atoms. The minimum absolute atomic E-state index is 0.333. The molecule has 0 radical (unpaired) electrons. The molecule has 1 aromatic rings. The fourth-order valence-corrected chi connectivity index (χ4v) is 2.68. The lowest BCUT2D eigenvalue weighted by molar-refractivity contribution is 0.234. The highest BCUT2D eigenvalue weighted by molar-refractivity contribution is 7.11. The van der Waals surface area contributed by atoms with Gasteiger partial charge in [-0.2, -0.15) is 0 Å². The Bertz CT molecular complexity index is 280. The lowest BCUT2D eigenvalue weighted by Crippen LogP contribution is -2.35. The van der Waals surface area contributed by atoms with Crippen molar-refractivity contribution in [1.82, 2.24) is 10.4 Å². The van der Waals surface area contributed by atoms with Crippen molar-refractivity contribution in [3.63, 3.8) is 0 Å². The van der Waals surface area contributed by atoms with Gasteiger partial charge in [-0.1, -0.05) is 6.42 Å². The maximum atomic E-state index is 5.55. The van der Waals surface area contributed by atoms with Crippen LogP contribution in [-0.2, 0) is 0 Å². The van der Waals surface area contributed by atoms with E-state index in [2.05, 4.69) is 10.4 Å². The number of hydrogen-bond acceptors (Lipinski definition) is 4. The quantitative estimate of drug-likeness (QED) is 0.573. The summed E-state index contributed by atoms with van der Waals surface area (Å²) in [5, 5.41) is 1.12. The molecule has 2 rings (SSSR count). The van der Waals surface area contributed by atoms with Crippen LogP contribution >= 0.6 is 11.3 Å². The van der Waals surface area contributed by atoms with Gasteiger partial charge in [0.15, 0.2) is 0 Å². The molecule has 1 saturated carbocycles. The topological polar surface area (TPSA) is 50.9 Å². The highest BCUT2D eigenvalue weighted by Gasteiger charge is 2.28. The number of hydrazine groups is 1. The first-order valence-corrected chi connectivity index (χ1v) is 5.51. The van der Waals surface area contributed by atoms with Gasteiger partial charge in [-0.25, -0.2) is 4.98 Å². The molecule has 1 unspecified atom stereocenters. The molecule has 72 valence electrons. The summed E-state index contributed by atoms with van der Waals surface area (Å²) < 4.78 is 0. The lowest BCUT2D eigenvalue weighted by Gasteiger charge is -2.32. The van der Waals surface area contributed by atoms with E-state index in [0.717, 1.165) is 10.9 Å². The minimum Gasteiger partial charge on any atom is -0.271 e. The van der Waals surface area contributed by atoms with Gasteiger partial charge in [0.25, 0.3) is 0 Å². The Hall–Kier alpha value is -0.450. The van der Waals surface area contributed by atoms with Gasteiger partial charge in [0, 0.05) is 11.1 Å². The molecule has 0 amide bonds. The van der Waals surface area contributed by atoms with Crippen molar-refractivity contribution in [2.24, 2.45) is 11.8 Å². The summed E-state index contributed by atoms with van der Waals surface area (Å²) in [6.07, 6.45) is 5.89. The van der Waals surface area contributed by atoms with Gasteiger partial charge in [0.05, 0.1) is 11.0 Å². The number of thiazole rings is 1. The van der Waals surface area contributed by atoms with Crippen LogP contribution in [0.15, 0.2) is 6.20 Å². The van der Waals surface area contributed by atoms with Crippen LogP contribution in [-0.4, -0.2) is 4.98 Å². The third kappa shape index (κ3) is 1.75. The molecular formula is C9H15N3S. The van der Waals surface area contributed by atoms with E-state index in [0.29, 0.717) is 6.04 Å². The van der Waals surface area contributed by atoms with Crippen LogP contribution in [0.1, 0.15) is 35.2 Å². The average Bonchev–Trinajstić information content (AvgIpc) is 2.43. The fourth-order valence-electron chi connectivity index (χ4n) is 1.75. The Morgan fingerprint density at radius 3 is 2.85 bits per heavy atom. The monoisotopic (exact) mass is 197 g/mol. The summed E-state index contributed by atoms with van der Waals surface area (Å²) in [6, 6.07) is 0.333. The van der Waals surface area contributed by atoms with Crippen LogP contribution in [0.5, 0.6) is 0 Å². The average molecular weight is 197 g/mol. The summed E-state index contributed by atoms with van der Waals surface area (Å²) in [5.74, 6) is 6.28. The summed E-state index contributed by atoms with van der Waals surface area (Å²) in [4.78, 5) is 5.53. The molecule has 4 heteroatoms. The number of aryl methyl sites for hydroxylation is 1. The molecule has 3 N–H and O–H groups in total. The van der Waals surface area contributed by atoms with Gasteiger partial charge < -0.3 is 0 Å². The van der Waals surface area contributed by atoms with E-state index >= 15 is 0 Å². The standard InChI is InChI=1S/C9H15N3S/c1-6-11-5-8(13-6)9(12-10)7-3-2-4-7/h5,7,9,12H,2-4,10H2,1H3. The van der Waals surface area contributed by atoms with Crippen LogP contribution < -0.4 is 11.3 Å². The molecular weight excluding hydrogens is 182 g/mol. The highest BCUT2D eigenvalue weighted by Crippen LogP contribution is 2.38. The Labute approximate surface area is 82.3 Å². The SMILES string of the molecule is Cc1ncc(C(NN)C2CCC2)s1. The molecule has 0 aromatic carbocycles. The van der Waals surface area contributed by atoms with E-state index in [1.54, 1.807) is 11.3 Å². The zero-order chi connectivity index (χ0) is 9.26. The Balaban J connectivity index is 2.11. The first-order chi connectivity index (χ1) is 6.31. The van der Waals surface area contributed by atoms with Crippen molar-refractivity contribution in [3.05, 3.63) is 16.1 Å². The third-order valence-corrected chi connectivity index (χ3v) is 3.74. The van der Waals surface area contributed by atoms with Gasteiger partial charge in [-0.3, -0.25) is 11.3 Å². The largest absolute Gasteiger partial charge is 0.271 e. The number of aromatic nitrogens is 1. The van der Waals surface area contributed by atoms with E-state index in [4.69, 9.17) is 5.84 Å². The first-order valence-electron chi connectivity index (χ1n) is 4.69. The minimum atomic E-state index is 0.333. The second-order valence-electron chi connectivity index (χ2n) is 3.62. The molecule has 1 fully saturated rings. The molecule has 0 bridgehead atoms. The van der Waals surface area contributed by atoms with Crippen molar-refractivity contribution in [3.8, 4) is 0 Å². The fraction of sp³-hybridized carbons (Fsp3) is 0.667. The number of hydrogen-bond donors (Lipinski definition) is 2. The Kier molecular flexibility index (Phi) is 2.62. The normalized spacial score (nSPS) is 19.8. The molecule has 1 aliphatic carbocycles. The van der Waals surface area contributed by atoms with Crippen molar-refractivity contribution in [1.29, 1.82) is 0 Å². The van der Waals surface area contributed by atoms with Crippen LogP contribution in [0.4, 0.5) is 0 Å². The van der Waals surface area contributed by atoms with Crippen molar-refractivity contribution >= 4 is 11.3 Å². The predicted molar refractivity (Wildman–Crippen MR) is 54.3 cm³/mol. The Morgan fingerprint density at radius 2 is 2.46 bits per heavy atom. The van der Waals surface area contributed by atoms with E-state index in [9.17, 15) is 0 Å². The molecule has 1 atom stereocenters. The predicted octanol–water partition coefficient (Wildman–Crippen LogP) is 1.76. The van der Waals surface area contributed by atoms with Gasteiger partial charge in [0.1, 0.15) is 0 Å². The molecule has 1 heterocycles. The Morgan fingerprint density at radius 1 is 1.69 bits per heavy atom. The zero-order valence-corrected chi connectivity index (χ0v) is 8.60. The summed E-state index contributed by atoms with van der Waals surface area (Å²) >= 11 is 1.74. The lowest BCUT2D eigenvalue weighted by atomic mass is 9.79. The van der Waals surface area contributed by atoms with E-state index in [1.165, 1.54) is 24.1 Å². The smallest absolute Gasteiger partial charge is 0.0897 e. The zero-order valence-electron chi connectivity index (χ0n) is 7.79. The molecule has 3 nitrogen and oxygen atoms in total. The highest BCUT2D eigenvalue weighted by atomic mass is 32.1. The van der Waals surface area contributed by atoms with Crippen molar-refractivity contribution < 1.29 is 0 Å². The van der Waals surface area contributed by atoms with Crippen LogP contribution in [0.3, 0.4) is 0 Å². The van der Waals surface area contributed by atoms with E-state index in [1.807, 2.05) is 13.1 Å². The number of nitrogens with zero attached hydrogens (tertiary/aromatic N) is 1. The van der Waals surface area contributed by atoms with Crippen LogP contribution in [0.2, 0.25) is 0 Å². The first kappa shape index (κ1) is 9.12. The second-order valence-corrected chi connectivity index (χ2v) is 4.88. The van der Waals surface area contributed by atoms with Crippen molar-refractivity contribution in [2.45, 2.75) is 32.2 Å². The van der Waals surface area contributed by atoms with E-state index < -0.39 is 0 Å². The molecule has 0 saturated heterocycles. The summed E-state index contributed by atoms with van der Waals surface area (Å²) in [6.45, 7) is 2.03. The molecule has 1 aliphatic rings. The second kappa shape index (κ2) is 3.74. The van der Waals surface area contributed by atoms with Crippen LogP contribution in [0, 0.1) is 12.8 Å². The molecule has 1 aromatic heterocycles. The van der Waals surface area contributed by atoms with Gasteiger partial charge in [-0.05, 0) is 25.7 Å². The third-order valence-electron chi connectivity index (χ3n) is 2.75. The van der Waals surface area contributed by atoms with Crippen LogP contribution in [0.25, 0.3) is 0 Å². The number of nitrogens with two attached hydrogens (primary N) is 1.